The predicted molar refractivity (Wildman–Crippen MR) is 91.5 cm³/mol. The molecule has 7 heteroatoms. The molecule has 122 valence electrons. The molecule has 1 aliphatic heterocycles. The van der Waals surface area contributed by atoms with Crippen LogP contribution in [0.25, 0.3) is 11.1 Å². The number of oxazole rings is 1. The standard InChI is InChI=1S/C17H16N4O3/c22-21(23)14-7-5-13(6-8-14)19-9-11-20(12-10-19)17-18-15-3-1-2-4-16(15)24-17/h1-8H,9-12H2. The minimum Gasteiger partial charge on any atom is -0.423 e. The van der Waals surface area contributed by atoms with Gasteiger partial charge < -0.3 is 14.2 Å². The average Bonchev–Trinajstić information content (AvgIpc) is 3.06. The number of aromatic nitrogens is 1. The number of hydrogen-bond donors (Lipinski definition) is 0. The number of nitro benzene ring substituents is 1. The zero-order chi connectivity index (χ0) is 16.5. The number of piperazine rings is 1. The molecule has 1 fully saturated rings. The number of non-ortho nitro benzene ring substituents is 1. The molecule has 0 atom stereocenters. The first kappa shape index (κ1) is 14.5. The van der Waals surface area contributed by atoms with Crippen LogP contribution in [0.1, 0.15) is 0 Å². The van der Waals surface area contributed by atoms with E-state index in [1.165, 1.54) is 0 Å². The molecule has 2 heterocycles. The van der Waals surface area contributed by atoms with Crippen molar-refractivity contribution in [2.75, 3.05) is 36.0 Å². The number of anilines is 2. The van der Waals surface area contributed by atoms with Crippen LogP contribution in [0.4, 0.5) is 17.4 Å². The molecule has 1 aromatic heterocycles. The molecule has 0 unspecified atom stereocenters. The van der Waals surface area contributed by atoms with E-state index in [4.69, 9.17) is 4.42 Å². The summed E-state index contributed by atoms with van der Waals surface area (Å²) < 4.78 is 5.81. The molecular formula is C17H16N4O3. The van der Waals surface area contributed by atoms with Crippen LogP contribution in [0.3, 0.4) is 0 Å². The summed E-state index contributed by atoms with van der Waals surface area (Å²) >= 11 is 0. The summed E-state index contributed by atoms with van der Waals surface area (Å²) in [7, 11) is 0. The monoisotopic (exact) mass is 324 g/mol. The average molecular weight is 324 g/mol. The quantitative estimate of drug-likeness (QED) is 0.544. The van der Waals surface area contributed by atoms with Crippen molar-refractivity contribution in [1.82, 2.24) is 4.98 Å². The molecule has 0 bridgehead atoms. The summed E-state index contributed by atoms with van der Waals surface area (Å²) in [6.45, 7) is 3.22. The van der Waals surface area contributed by atoms with Gasteiger partial charge in [-0.05, 0) is 24.3 Å². The molecule has 1 saturated heterocycles. The van der Waals surface area contributed by atoms with Crippen LogP contribution in [0.5, 0.6) is 0 Å². The van der Waals surface area contributed by atoms with E-state index in [-0.39, 0.29) is 10.6 Å². The van der Waals surface area contributed by atoms with Crippen molar-refractivity contribution in [1.29, 1.82) is 0 Å². The summed E-state index contributed by atoms with van der Waals surface area (Å²) in [5, 5.41) is 10.7. The number of fused-ring (bicyclic) bond motifs is 1. The van der Waals surface area contributed by atoms with Gasteiger partial charge in [-0.2, -0.15) is 4.98 Å². The first-order valence-corrected chi connectivity index (χ1v) is 7.81. The molecule has 24 heavy (non-hydrogen) atoms. The lowest BCUT2D eigenvalue weighted by molar-refractivity contribution is -0.384. The van der Waals surface area contributed by atoms with Crippen molar-refractivity contribution in [3.8, 4) is 0 Å². The van der Waals surface area contributed by atoms with E-state index in [9.17, 15) is 10.1 Å². The van der Waals surface area contributed by atoms with Gasteiger partial charge in [-0.15, -0.1) is 0 Å². The van der Waals surface area contributed by atoms with Gasteiger partial charge in [0.05, 0.1) is 4.92 Å². The number of nitro groups is 1. The molecule has 0 radical (unpaired) electrons. The molecule has 1 aliphatic rings. The molecule has 0 aliphatic carbocycles. The van der Waals surface area contributed by atoms with Gasteiger partial charge in [-0.25, -0.2) is 0 Å². The van der Waals surface area contributed by atoms with Crippen LogP contribution >= 0.6 is 0 Å². The summed E-state index contributed by atoms with van der Waals surface area (Å²) in [6, 6.07) is 15.1. The number of benzene rings is 2. The maximum Gasteiger partial charge on any atom is 0.298 e. The van der Waals surface area contributed by atoms with Gasteiger partial charge in [0.1, 0.15) is 5.52 Å². The fourth-order valence-electron chi connectivity index (χ4n) is 2.94. The van der Waals surface area contributed by atoms with Gasteiger partial charge >= 0.3 is 0 Å². The molecule has 0 spiro atoms. The largest absolute Gasteiger partial charge is 0.423 e. The van der Waals surface area contributed by atoms with E-state index in [1.807, 2.05) is 24.3 Å². The van der Waals surface area contributed by atoms with E-state index in [0.717, 1.165) is 43.0 Å². The second-order valence-electron chi connectivity index (χ2n) is 5.71. The Kier molecular flexibility index (Phi) is 3.53. The van der Waals surface area contributed by atoms with E-state index in [0.29, 0.717) is 6.01 Å². The van der Waals surface area contributed by atoms with Crippen molar-refractivity contribution in [2.24, 2.45) is 0 Å². The number of hydrogen-bond acceptors (Lipinski definition) is 6. The van der Waals surface area contributed by atoms with E-state index in [2.05, 4.69) is 14.8 Å². The van der Waals surface area contributed by atoms with E-state index >= 15 is 0 Å². The topological polar surface area (TPSA) is 75.7 Å². The van der Waals surface area contributed by atoms with Gasteiger partial charge in [-0.1, -0.05) is 12.1 Å². The Morgan fingerprint density at radius 3 is 2.29 bits per heavy atom. The fourth-order valence-corrected chi connectivity index (χ4v) is 2.94. The molecule has 0 saturated carbocycles. The Balaban J connectivity index is 1.45. The summed E-state index contributed by atoms with van der Waals surface area (Å²) in [4.78, 5) is 19.2. The fraction of sp³-hybridized carbons (Fsp3) is 0.235. The minimum absolute atomic E-state index is 0.115. The van der Waals surface area contributed by atoms with E-state index in [1.54, 1.807) is 24.3 Å². The van der Waals surface area contributed by atoms with Crippen LogP contribution in [0.15, 0.2) is 52.9 Å². The second kappa shape index (κ2) is 5.84. The third kappa shape index (κ3) is 2.64. The Labute approximate surface area is 138 Å². The lowest BCUT2D eigenvalue weighted by atomic mass is 10.2. The Bertz CT molecular complexity index is 834. The van der Waals surface area contributed by atoms with Crippen LogP contribution in [0, 0.1) is 10.1 Å². The molecule has 0 amide bonds. The van der Waals surface area contributed by atoms with Crippen LogP contribution < -0.4 is 9.80 Å². The van der Waals surface area contributed by atoms with Crippen LogP contribution in [-0.2, 0) is 0 Å². The Morgan fingerprint density at radius 1 is 0.958 bits per heavy atom. The maximum atomic E-state index is 10.7. The SMILES string of the molecule is O=[N+]([O-])c1ccc(N2CCN(c3nc4ccccc4o3)CC2)cc1. The zero-order valence-corrected chi connectivity index (χ0v) is 13.0. The van der Waals surface area contributed by atoms with Gasteiger partial charge in [0.2, 0.25) is 0 Å². The highest BCUT2D eigenvalue weighted by Gasteiger charge is 2.21. The number of nitrogens with zero attached hydrogens (tertiary/aromatic N) is 4. The van der Waals surface area contributed by atoms with Crippen LogP contribution in [0.2, 0.25) is 0 Å². The Hall–Kier alpha value is -3.09. The molecule has 2 aromatic carbocycles. The smallest absolute Gasteiger partial charge is 0.298 e. The zero-order valence-electron chi connectivity index (χ0n) is 13.0. The van der Waals surface area contributed by atoms with Gasteiger partial charge in [-0.3, -0.25) is 10.1 Å². The predicted octanol–water partition coefficient (Wildman–Crippen LogP) is 3.06. The van der Waals surface area contributed by atoms with Crippen molar-refractivity contribution in [3.05, 3.63) is 58.6 Å². The van der Waals surface area contributed by atoms with Crippen molar-refractivity contribution in [3.63, 3.8) is 0 Å². The highest BCUT2D eigenvalue weighted by Crippen LogP contribution is 2.25. The first-order valence-electron chi connectivity index (χ1n) is 7.81. The first-order chi connectivity index (χ1) is 11.7. The molecule has 3 aromatic rings. The summed E-state index contributed by atoms with van der Waals surface area (Å²) in [6.07, 6.45) is 0. The van der Waals surface area contributed by atoms with Gasteiger partial charge in [0.15, 0.2) is 5.58 Å². The molecule has 0 N–H and O–H groups in total. The van der Waals surface area contributed by atoms with Gasteiger partial charge in [0, 0.05) is 44.0 Å². The maximum absolute atomic E-state index is 10.7. The molecule has 4 rings (SSSR count). The second-order valence-corrected chi connectivity index (χ2v) is 5.71. The molecule has 7 nitrogen and oxygen atoms in total. The molecular weight excluding hydrogens is 308 g/mol. The number of para-hydroxylation sites is 2. The van der Waals surface area contributed by atoms with Crippen LogP contribution in [-0.4, -0.2) is 36.1 Å². The van der Waals surface area contributed by atoms with Crippen molar-refractivity contribution < 1.29 is 9.34 Å². The highest BCUT2D eigenvalue weighted by atomic mass is 16.6. The summed E-state index contributed by atoms with van der Waals surface area (Å²) in [5.74, 6) is 0. The normalized spacial score (nSPS) is 15.0. The Morgan fingerprint density at radius 2 is 1.62 bits per heavy atom. The van der Waals surface area contributed by atoms with Gasteiger partial charge in [0.25, 0.3) is 11.7 Å². The third-order valence-corrected chi connectivity index (χ3v) is 4.26. The lowest BCUT2D eigenvalue weighted by Gasteiger charge is -2.35. The van der Waals surface area contributed by atoms with Crippen molar-refractivity contribution >= 4 is 28.5 Å². The third-order valence-electron chi connectivity index (χ3n) is 4.26. The summed E-state index contributed by atoms with van der Waals surface area (Å²) in [5.41, 5.74) is 2.78. The number of rotatable bonds is 3. The lowest BCUT2D eigenvalue weighted by Crippen LogP contribution is -2.46. The van der Waals surface area contributed by atoms with E-state index < -0.39 is 0 Å². The minimum atomic E-state index is -0.380. The van der Waals surface area contributed by atoms with Crippen molar-refractivity contribution in [2.45, 2.75) is 0 Å². The highest BCUT2D eigenvalue weighted by molar-refractivity contribution is 5.74.